The van der Waals surface area contributed by atoms with Crippen LogP contribution in [0.2, 0.25) is 0 Å². The van der Waals surface area contributed by atoms with Crippen LogP contribution in [0.25, 0.3) is 10.9 Å². The van der Waals surface area contributed by atoms with E-state index in [0.29, 0.717) is 6.42 Å². The molecule has 1 unspecified atom stereocenters. The maximum Gasteiger partial charge on any atom is 0.168 e. The number of aryl methyl sites for hydroxylation is 1. The van der Waals surface area contributed by atoms with E-state index in [2.05, 4.69) is 33.7 Å². The lowest BCUT2D eigenvalue weighted by molar-refractivity contribution is 0.0900. The molecule has 0 saturated carbocycles. The maximum atomic E-state index is 12.9. The lowest BCUT2D eigenvalue weighted by Gasteiger charge is -2.21. The van der Waals surface area contributed by atoms with Crippen LogP contribution in [0.3, 0.4) is 0 Å². The Balaban J connectivity index is 1.79. The van der Waals surface area contributed by atoms with Gasteiger partial charge < -0.3 is 9.55 Å². The molecular weight excluding hydrogens is 262 g/mol. The summed E-state index contributed by atoms with van der Waals surface area (Å²) in [6.45, 7) is 0. The average Bonchev–Trinajstić information content (AvgIpc) is 3.10. The summed E-state index contributed by atoms with van der Waals surface area (Å²) >= 11 is 0. The minimum absolute atomic E-state index is 0.0365. The fourth-order valence-electron chi connectivity index (χ4n) is 3.50. The largest absolute Gasteiger partial charge is 0.349 e. The van der Waals surface area contributed by atoms with E-state index in [0.717, 1.165) is 35.1 Å². The normalized spacial score (nSPS) is 18.1. The first-order chi connectivity index (χ1) is 10.3. The highest BCUT2D eigenvalue weighted by Gasteiger charge is 2.32. The second kappa shape index (κ2) is 4.58. The Morgan fingerprint density at radius 2 is 2.24 bits per heavy atom. The molecule has 0 bridgehead atoms. The van der Waals surface area contributed by atoms with Crippen molar-refractivity contribution in [3.8, 4) is 0 Å². The number of carbonyl (C=O) groups excluding carboxylic acids is 1. The number of H-pyrrole nitrogens is 1. The van der Waals surface area contributed by atoms with Crippen LogP contribution in [0.1, 0.15) is 28.3 Å². The molecule has 4 rings (SSSR count). The van der Waals surface area contributed by atoms with E-state index in [1.165, 1.54) is 5.69 Å². The van der Waals surface area contributed by atoms with Gasteiger partial charge in [-0.15, -0.1) is 0 Å². The molecule has 4 heteroatoms. The molecule has 0 fully saturated rings. The summed E-state index contributed by atoms with van der Waals surface area (Å²) in [6, 6.07) is 8.18. The first-order valence-corrected chi connectivity index (χ1v) is 7.34. The number of benzene rings is 1. The van der Waals surface area contributed by atoms with E-state index >= 15 is 0 Å². The van der Waals surface area contributed by atoms with Crippen LogP contribution >= 0.6 is 0 Å². The number of ketones is 1. The SMILES string of the molecule is Cn1c2c(c3ccccc31)C(=O)C(Cc1ncc[nH]1)CC2. The minimum Gasteiger partial charge on any atom is -0.349 e. The van der Waals surface area contributed by atoms with Crippen LogP contribution in [0, 0.1) is 5.92 Å². The van der Waals surface area contributed by atoms with Crippen molar-refractivity contribution in [1.82, 2.24) is 14.5 Å². The van der Waals surface area contributed by atoms with E-state index in [1.54, 1.807) is 6.20 Å². The molecule has 2 heterocycles. The summed E-state index contributed by atoms with van der Waals surface area (Å²) < 4.78 is 2.17. The average molecular weight is 279 g/mol. The summed E-state index contributed by atoms with van der Waals surface area (Å²) in [5.74, 6) is 1.20. The van der Waals surface area contributed by atoms with Crippen LogP contribution in [0.4, 0.5) is 0 Å². The van der Waals surface area contributed by atoms with Gasteiger partial charge in [-0.3, -0.25) is 4.79 Å². The number of aromatic amines is 1. The number of para-hydroxylation sites is 1. The highest BCUT2D eigenvalue weighted by Crippen LogP contribution is 2.34. The van der Waals surface area contributed by atoms with Crippen LogP contribution in [0.5, 0.6) is 0 Å². The molecule has 2 aromatic heterocycles. The zero-order valence-electron chi connectivity index (χ0n) is 12.0. The molecule has 1 aliphatic rings. The van der Waals surface area contributed by atoms with E-state index in [1.807, 2.05) is 18.3 Å². The number of nitrogens with zero attached hydrogens (tertiary/aromatic N) is 2. The fraction of sp³-hybridized carbons (Fsp3) is 0.294. The molecular formula is C17H17N3O. The Labute approximate surface area is 122 Å². The van der Waals surface area contributed by atoms with Crippen molar-refractivity contribution in [2.24, 2.45) is 13.0 Å². The predicted molar refractivity (Wildman–Crippen MR) is 81.4 cm³/mol. The molecule has 21 heavy (non-hydrogen) atoms. The first kappa shape index (κ1) is 12.4. The number of hydrogen-bond donors (Lipinski definition) is 1. The van der Waals surface area contributed by atoms with E-state index in [9.17, 15) is 4.79 Å². The van der Waals surface area contributed by atoms with Gasteiger partial charge in [0.2, 0.25) is 0 Å². The van der Waals surface area contributed by atoms with Gasteiger partial charge in [0, 0.05) is 53.9 Å². The first-order valence-electron chi connectivity index (χ1n) is 7.34. The smallest absolute Gasteiger partial charge is 0.168 e. The molecule has 0 amide bonds. The number of hydrogen-bond acceptors (Lipinski definition) is 2. The van der Waals surface area contributed by atoms with Crippen molar-refractivity contribution in [3.63, 3.8) is 0 Å². The molecule has 1 N–H and O–H groups in total. The third-order valence-electron chi connectivity index (χ3n) is 4.57. The Morgan fingerprint density at radius 1 is 1.38 bits per heavy atom. The molecule has 1 aromatic carbocycles. The fourth-order valence-corrected chi connectivity index (χ4v) is 3.50. The second-order valence-electron chi connectivity index (χ2n) is 5.74. The zero-order valence-corrected chi connectivity index (χ0v) is 12.0. The number of imidazole rings is 1. The van der Waals surface area contributed by atoms with Gasteiger partial charge in [0.05, 0.1) is 0 Å². The molecule has 0 spiro atoms. The third kappa shape index (κ3) is 1.82. The Morgan fingerprint density at radius 3 is 3.05 bits per heavy atom. The van der Waals surface area contributed by atoms with Crippen molar-refractivity contribution in [2.75, 3.05) is 0 Å². The number of rotatable bonds is 2. The van der Waals surface area contributed by atoms with Crippen LogP contribution in [-0.4, -0.2) is 20.3 Å². The van der Waals surface area contributed by atoms with Gasteiger partial charge in [-0.25, -0.2) is 4.98 Å². The Hall–Kier alpha value is -2.36. The van der Waals surface area contributed by atoms with Gasteiger partial charge in [-0.2, -0.15) is 0 Å². The number of nitrogens with one attached hydrogen (secondary N) is 1. The third-order valence-corrected chi connectivity index (χ3v) is 4.57. The molecule has 4 nitrogen and oxygen atoms in total. The number of carbonyl (C=O) groups is 1. The van der Waals surface area contributed by atoms with Crippen molar-refractivity contribution in [2.45, 2.75) is 19.3 Å². The van der Waals surface area contributed by atoms with Gasteiger partial charge in [0.15, 0.2) is 5.78 Å². The van der Waals surface area contributed by atoms with Crippen LogP contribution in [0.15, 0.2) is 36.7 Å². The predicted octanol–water partition coefficient (Wildman–Crippen LogP) is 2.89. The summed E-state index contributed by atoms with van der Waals surface area (Å²) in [6.07, 6.45) is 6.11. The molecule has 0 saturated heterocycles. The van der Waals surface area contributed by atoms with Gasteiger partial charge in [-0.05, 0) is 18.9 Å². The standard InChI is InChI=1S/C17H17N3O/c1-20-13-5-3-2-4-12(13)16-14(20)7-6-11(17(16)21)10-15-18-8-9-19-15/h2-5,8-9,11H,6-7,10H2,1H3,(H,18,19). The maximum absolute atomic E-state index is 12.9. The molecule has 1 aliphatic carbocycles. The van der Waals surface area contributed by atoms with Gasteiger partial charge in [-0.1, -0.05) is 18.2 Å². The van der Waals surface area contributed by atoms with E-state index in [4.69, 9.17) is 0 Å². The van der Waals surface area contributed by atoms with Crippen LogP contribution < -0.4 is 0 Å². The summed E-state index contributed by atoms with van der Waals surface area (Å²) in [4.78, 5) is 20.3. The Bertz CT molecular complexity index is 814. The summed E-state index contributed by atoms with van der Waals surface area (Å²) in [5, 5.41) is 1.09. The van der Waals surface area contributed by atoms with Crippen molar-refractivity contribution in [1.29, 1.82) is 0 Å². The minimum atomic E-state index is 0.0365. The van der Waals surface area contributed by atoms with Crippen molar-refractivity contribution >= 4 is 16.7 Å². The monoisotopic (exact) mass is 279 g/mol. The lowest BCUT2D eigenvalue weighted by atomic mass is 9.83. The van der Waals surface area contributed by atoms with E-state index in [-0.39, 0.29) is 11.7 Å². The molecule has 0 radical (unpaired) electrons. The summed E-state index contributed by atoms with van der Waals surface area (Å²) in [7, 11) is 2.06. The van der Waals surface area contributed by atoms with Crippen molar-refractivity contribution in [3.05, 3.63) is 53.7 Å². The number of Topliss-reactive ketones (excluding diaryl/α,β-unsaturated/α-hetero) is 1. The van der Waals surface area contributed by atoms with Gasteiger partial charge >= 0.3 is 0 Å². The Kier molecular flexibility index (Phi) is 2.70. The molecule has 3 aromatic rings. The van der Waals surface area contributed by atoms with Gasteiger partial charge in [0.1, 0.15) is 5.82 Å². The zero-order chi connectivity index (χ0) is 14.4. The van der Waals surface area contributed by atoms with Gasteiger partial charge in [0.25, 0.3) is 0 Å². The highest BCUT2D eigenvalue weighted by molar-refractivity contribution is 6.11. The number of fused-ring (bicyclic) bond motifs is 3. The topological polar surface area (TPSA) is 50.7 Å². The quantitative estimate of drug-likeness (QED) is 0.784. The van der Waals surface area contributed by atoms with Crippen LogP contribution in [-0.2, 0) is 19.9 Å². The molecule has 1 atom stereocenters. The summed E-state index contributed by atoms with van der Waals surface area (Å²) in [5.41, 5.74) is 3.25. The second-order valence-corrected chi connectivity index (χ2v) is 5.74. The highest BCUT2D eigenvalue weighted by atomic mass is 16.1. The lowest BCUT2D eigenvalue weighted by Crippen LogP contribution is -2.25. The molecule has 106 valence electrons. The van der Waals surface area contributed by atoms with Crippen molar-refractivity contribution < 1.29 is 4.79 Å². The molecule has 0 aliphatic heterocycles. The number of aromatic nitrogens is 3. The van der Waals surface area contributed by atoms with E-state index < -0.39 is 0 Å².